The normalized spacial score (nSPS) is 21.3. The van der Waals surface area contributed by atoms with Crippen molar-refractivity contribution < 1.29 is 4.79 Å². The molecule has 0 radical (unpaired) electrons. The van der Waals surface area contributed by atoms with Crippen LogP contribution in [0, 0.1) is 6.92 Å². The average molecular weight is 356 g/mol. The molecule has 2 fully saturated rings. The third-order valence-electron chi connectivity index (χ3n) is 5.05. The van der Waals surface area contributed by atoms with Crippen molar-refractivity contribution in [2.75, 3.05) is 44.2 Å². The molecule has 9 nitrogen and oxygen atoms in total. The van der Waals surface area contributed by atoms with Gasteiger partial charge in [-0.25, -0.2) is 15.0 Å². The van der Waals surface area contributed by atoms with E-state index in [4.69, 9.17) is 0 Å². The smallest absolute Gasteiger partial charge is 0.237 e. The fraction of sp³-hybridized carbons (Fsp3) is 0.588. The van der Waals surface area contributed by atoms with E-state index in [1.807, 2.05) is 17.9 Å². The Balaban J connectivity index is 1.32. The number of carbonyl (C=O) groups is 1. The van der Waals surface area contributed by atoms with Crippen LogP contribution in [0.15, 0.2) is 18.5 Å². The molecule has 2 saturated heterocycles. The largest absolute Gasteiger partial charge is 0.338 e. The summed E-state index contributed by atoms with van der Waals surface area (Å²) < 4.78 is 0. The summed E-state index contributed by atoms with van der Waals surface area (Å²) in [6.07, 6.45) is 5.46. The maximum atomic E-state index is 12.8. The molecule has 0 saturated carbocycles. The fourth-order valence-corrected chi connectivity index (χ4v) is 3.69. The van der Waals surface area contributed by atoms with Crippen LogP contribution in [0.1, 0.15) is 30.5 Å². The monoisotopic (exact) mass is 356 g/mol. The third kappa shape index (κ3) is 3.52. The first-order valence-electron chi connectivity index (χ1n) is 9.13. The highest BCUT2D eigenvalue weighted by Crippen LogP contribution is 2.29. The zero-order valence-corrected chi connectivity index (χ0v) is 15.0. The lowest BCUT2D eigenvalue weighted by Gasteiger charge is -2.35. The van der Waals surface area contributed by atoms with Crippen LogP contribution in [0.3, 0.4) is 0 Å². The van der Waals surface area contributed by atoms with E-state index in [-0.39, 0.29) is 11.9 Å². The molecule has 4 rings (SSSR count). The van der Waals surface area contributed by atoms with Gasteiger partial charge in [-0.05, 0) is 25.8 Å². The van der Waals surface area contributed by atoms with Crippen LogP contribution in [0.2, 0.25) is 0 Å². The fourth-order valence-electron chi connectivity index (χ4n) is 3.69. The lowest BCUT2D eigenvalue weighted by atomic mass is 10.2. The first-order chi connectivity index (χ1) is 12.7. The molecule has 0 aliphatic carbocycles. The van der Waals surface area contributed by atoms with Gasteiger partial charge in [0.1, 0.15) is 5.82 Å². The second kappa shape index (κ2) is 7.36. The maximum Gasteiger partial charge on any atom is 0.237 e. The van der Waals surface area contributed by atoms with Gasteiger partial charge in [-0.15, -0.1) is 0 Å². The Bertz CT molecular complexity index is 740. The molecule has 9 heteroatoms. The molecule has 138 valence electrons. The van der Waals surface area contributed by atoms with Crippen molar-refractivity contribution in [3.8, 4) is 0 Å². The molecule has 2 aliphatic heterocycles. The molecule has 0 spiro atoms. The lowest BCUT2D eigenvalue weighted by Crippen LogP contribution is -2.50. The van der Waals surface area contributed by atoms with E-state index in [0.29, 0.717) is 6.54 Å². The first-order valence-corrected chi connectivity index (χ1v) is 9.13. The van der Waals surface area contributed by atoms with Gasteiger partial charge in [0.15, 0.2) is 5.82 Å². The zero-order valence-electron chi connectivity index (χ0n) is 15.0. The molecule has 4 heterocycles. The highest BCUT2D eigenvalue weighted by molar-refractivity contribution is 5.79. The van der Waals surface area contributed by atoms with E-state index in [1.165, 1.54) is 0 Å². The van der Waals surface area contributed by atoms with Crippen LogP contribution in [0.4, 0.5) is 5.95 Å². The van der Waals surface area contributed by atoms with Gasteiger partial charge in [-0.2, -0.15) is 5.10 Å². The van der Waals surface area contributed by atoms with Gasteiger partial charge < -0.3 is 9.80 Å². The van der Waals surface area contributed by atoms with Crippen molar-refractivity contribution in [1.82, 2.24) is 34.9 Å². The quantitative estimate of drug-likeness (QED) is 0.847. The highest BCUT2D eigenvalue weighted by atomic mass is 16.2. The maximum absolute atomic E-state index is 12.8. The van der Waals surface area contributed by atoms with Gasteiger partial charge in [0.25, 0.3) is 0 Å². The minimum absolute atomic E-state index is 0.00598. The minimum atomic E-state index is 0.00598. The highest BCUT2D eigenvalue weighted by Gasteiger charge is 2.33. The number of nitrogens with zero attached hydrogens (tertiary/aromatic N) is 7. The van der Waals surface area contributed by atoms with Gasteiger partial charge in [0, 0.05) is 45.1 Å². The summed E-state index contributed by atoms with van der Waals surface area (Å²) in [6.45, 7) is 6.46. The third-order valence-corrected chi connectivity index (χ3v) is 5.05. The topological polar surface area (TPSA) is 94.1 Å². The van der Waals surface area contributed by atoms with Crippen LogP contribution in [-0.4, -0.2) is 80.1 Å². The molecule has 2 aliphatic rings. The standard InChI is InChI=1S/C17H24N8O/c1-13-20-16(22-21-13)14-4-2-7-25(14)15(26)12-23-8-10-24(11-9-23)17-18-5-3-6-19-17/h3,5-6,14H,2,4,7-12H2,1H3,(H,20,21,22)/t14-/m1/s1. The van der Waals surface area contributed by atoms with Crippen LogP contribution in [0.5, 0.6) is 0 Å². The molecule has 1 atom stereocenters. The number of hydrogen-bond acceptors (Lipinski definition) is 7. The Kier molecular flexibility index (Phi) is 4.79. The molecule has 1 N–H and O–H groups in total. The molecule has 26 heavy (non-hydrogen) atoms. The number of piperazine rings is 1. The van der Waals surface area contributed by atoms with Crippen LogP contribution in [0.25, 0.3) is 0 Å². The van der Waals surface area contributed by atoms with Crippen molar-refractivity contribution in [3.05, 3.63) is 30.1 Å². The lowest BCUT2D eigenvalue weighted by molar-refractivity contribution is -0.133. The van der Waals surface area contributed by atoms with E-state index in [1.54, 1.807) is 12.4 Å². The van der Waals surface area contributed by atoms with Crippen molar-refractivity contribution >= 4 is 11.9 Å². The number of hydrogen-bond donors (Lipinski definition) is 1. The summed E-state index contributed by atoms with van der Waals surface area (Å²) in [5.41, 5.74) is 0. The number of aromatic amines is 1. The summed E-state index contributed by atoms with van der Waals surface area (Å²) in [5, 5.41) is 7.14. The molecule has 2 aromatic rings. The summed E-state index contributed by atoms with van der Waals surface area (Å²) >= 11 is 0. The first kappa shape index (κ1) is 16.9. The summed E-state index contributed by atoms with van der Waals surface area (Å²) in [4.78, 5) is 32.2. The molecular weight excluding hydrogens is 332 g/mol. The summed E-state index contributed by atoms with van der Waals surface area (Å²) in [5.74, 6) is 2.45. The predicted molar refractivity (Wildman–Crippen MR) is 95.5 cm³/mol. The molecule has 0 bridgehead atoms. The molecular formula is C17H24N8O. The summed E-state index contributed by atoms with van der Waals surface area (Å²) in [6, 6.07) is 1.83. The number of amides is 1. The van der Waals surface area contributed by atoms with Gasteiger partial charge in [-0.1, -0.05) is 0 Å². The SMILES string of the molecule is Cc1nc([C@H]2CCCN2C(=O)CN2CCN(c3ncccn3)CC2)n[nH]1. The molecule has 0 aromatic carbocycles. The Morgan fingerprint density at radius 3 is 2.65 bits per heavy atom. The van der Waals surface area contributed by atoms with Crippen LogP contribution < -0.4 is 4.90 Å². The van der Waals surface area contributed by atoms with Gasteiger partial charge in [0.2, 0.25) is 11.9 Å². The Morgan fingerprint density at radius 1 is 1.19 bits per heavy atom. The second-order valence-corrected chi connectivity index (χ2v) is 6.84. The molecule has 2 aromatic heterocycles. The Morgan fingerprint density at radius 2 is 1.96 bits per heavy atom. The molecule has 0 unspecified atom stereocenters. The number of aromatic nitrogens is 5. The van der Waals surface area contributed by atoms with Crippen LogP contribution in [-0.2, 0) is 4.79 Å². The van der Waals surface area contributed by atoms with E-state index in [9.17, 15) is 4.79 Å². The number of nitrogens with one attached hydrogen (secondary N) is 1. The van der Waals surface area contributed by atoms with E-state index < -0.39 is 0 Å². The number of rotatable bonds is 4. The second-order valence-electron chi connectivity index (χ2n) is 6.84. The Labute approximate surface area is 152 Å². The summed E-state index contributed by atoms with van der Waals surface area (Å²) in [7, 11) is 0. The van der Waals surface area contributed by atoms with Gasteiger partial charge in [0.05, 0.1) is 12.6 Å². The van der Waals surface area contributed by atoms with E-state index in [0.717, 1.165) is 63.2 Å². The number of anilines is 1. The number of H-pyrrole nitrogens is 1. The van der Waals surface area contributed by atoms with E-state index >= 15 is 0 Å². The van der Waals surface area contributed by atoms with Crippen LogP contribution >= 0.6 is 0 Å². The van der Waals surface area contributed by atoms with Crippen molar-refractivity contribution in [1.29, 1.82) is 0 Å². The van der Waals surface area contributed by atoms with Gasteiger partial charge >= 0.3 is 0 Å². The van der Waals surface area contributed by atoms with Crippen molar-refractivity contribution in [2.24, 2.45) is 0 Å². The van der Waals surface area contributed by atoms with E-state index in [2.05, 4.69) is 34.9 Å². The minimum Gasteiger partial charge on any atom is -0.338 e. The van der Waals surface area contributed by atoms with Crippen molar-refractivity contribution in [2.45, 2.75) is 25.8 Å². The average Bonchev–Trinajstić information content (AvgIpc) is 3.32. The number of carbonyl (C=O) groups excluding carboxylic acids is 1. The van der Waals surface area contributed by atoms with Crippen molar-refractivity contribution in [3.63, 3.8) is 0 Å². The van der Waals surface area contributed by atoms with Gasteiger partial charge in [-0.3, -0.25) is 14.8 Å². The number of likely N-dealkylation sites (tertiary alicyclic amines) is 1. The Hall–Kier alpha value is -2.55. The predicted octanol–water partition coefficient (Wildman–Crippen LogP) is 0.389. The number of aryl methyl sites for hydroxylation is 1. The molecule has 1 amide bonds. The zero-order chi connectivity index (χ0) is 17.9.